The first-order valence-electron chi connectivity index (χ1n) is 7.89. The van der Waals surface area contributed by atoms with Gasteiger partial charge >= 0.3 is 0 Å². The number of aliphatic hydroxyl groups is 1. The number of aromatic nitrogens is 1. The third-order valence-electron chi connectivity index (χ3n) is 3.99. The minimum absolute atomic E-state index is 0.149. The Kier molecular flexibility index (Phi) is 4.96. The molecule has 2 aromatic rings. The monoisotopic (exact) mass is 394 g/mol. The van der Waals surface area contributed by atoms with E-state index < -0.39 is 15.6 Å². The molecule has 1 N–H and O–H groups in total. The molecule has 0 saturated carbocycles. The Bertz CT molecular complexity index is 1000. The second-order valence-corrected chi connectivity index (χ2v) is 8.68. The average Bonchev–Trinajstić information content (AvgIpc) is 2.55. The number of sulfone groups is 1. The van der Waals surface area contributed by atoms with E-state index >= 15 is 0 Å². The Labute approximate surface area is 157 Å². The van der Waals surface area contributed by atoms with Gasteiger partial charge in [0, 0.05) is 11.8 Å². The summed E-state index contributed by atoms with van der Waals surface area (Å²) in [5.41, 5.74) is 1.69. The highest BCUT2D eigenvalue weighted by Crippen LogP contribution is 2.43. The van der Waals surface area contributed by atoms with Crippen LogP contribution in [-0.2, 0) is 15.6 Å². The van der Waals surface area contributed by atoms with Gasteiger partial charge in [0.25, 0.3) is 0 Å². The molecule has 8 heteroatoms. The van der Waals surface area contributed by atoms with Gasteiger partial charge in [-0.25, -0.2) is 8.42 Å². The second-order valence-electron chi connectivity index (χ2n) is 6.37. The molecular formula is C18H19ClN2O4S. The molecule has 0 aliphatic carbocycles. The topological polar surface area (TPSA) is 79.7 Å². The number of benzene rings is 1. The summed E-state index contributed by atoms with van der Waals surface area (Å²) in [4.78, 5) is 5.71. The quantitative estimate of drug-likeness (QED) is 0.802. The van der Waals surface area contributed by atoms with E-state index in [0.29, 0.717) is 11.3 Å². The zero-order chi connectivity index (χ0) is 19.1. The number of aliphatic hydroxyl groups excluding tert-OH is 1. The van der Waals surface area contributed by atoms with Crippen LogP contribution in [-0.4, -0.2) is 44.2 Å². The highest BCUT2D eigenvalue weighted by molar-refractivity contribution is 8.00. The molecule has 0 atom stereocenters. The Hall–Kier alpha value is -2.09. The van der Waals surface area contributed by atoms with Crippen molar-refractivity contribution >= 4 is 32.1 Å². The fourth-order valence-corrected chi connectivity index (χ4v) is 4.89. The first-order valence-corrected chi connectivity index (χ1v) is 9.92. The predicted octanol–water partition coefficient (Wildman–Crippen LogP) is 3.25. The number of halogens is 1. The molecule has 2 heterocycles. The van der Waals surface area contributed by atoms with Crippen LogP contribution in [0.15, 0.2) is 30.5 Å². The van der Waals surface area contributed by atoms with Crippen molar-refractivity contribution in [1.82, 2.24) is 9.88 Å². The summed E-state index contributed by atoms with van der Waals surface area (Å²) in [6.45, 7) is 2.10. The van der Waals surface area contributed by atoms with Crippen LogP contribution >= 0.6 is 11.6 Å². The fraction of sp³-hybridized carbons (Fsp3) is 0.278. The number of aryl methyl sites for hydroxylation is 1. The molecule has 6 nitrogen and oxygen atoms in total. The third kappa shape index (κ3) is 3.30. The van der Waals surface area contributed by atoms with E-state index in [1.807, 2.05) is 25.9 Å². The summed E-state index contributed by atoms with van der Waals surface area (Å²) in [6, 6.07) is 6.57. The molecule has 1 aliphatic rings. The van der Waals surface area contributed by atoms with Crippen LogP contribution < -0.4 is 4.74 Å². The van der Waals surface area contributed by atoms with Crippen LogP contribution in [0, 0.1) is 6.92 Å². The summed E-state index contributed by atoms with van der Waals surface area (Å²) in [6.07, 6.45) is 1.51. The van der Waals surface area contributed by atoms with Crippen molar-refractivity contribution in [3.63, 3.8) is 0 Å². The molecule has 0 amide bonds. The van der Waals surface area contributed by atoms with E-state index in [9.17, 15) is 13.5 Å². The third-order valence-corrected chi connectivity index (χ3v) is 6.09. The average molecular weight is 395 g/mol. The number of rotatable bonds is 4. The molecular weight excluding hydrogens is 376 g/mol. The van der Waals surface area contributed by atoms with E-state index in [0.717, 1.165) is 5.56 Å². The largest absolute Gasteiger partial charge is 0.504 e. The van der Waals surface area contributed by atoms with Gasteiger partial charge in [-0.3, -0.25) is 9.88 Å². The summed E-state index contributed by atoms with van der Waals surface area (Å²) in [5.74, 6) is -0.246. The normalized spacial score (nSPS) is 15.9. The van der Waals surface area contributed by atoms with E-state index in [-0.39, 0.29) is 33.7 Å². The second kappa shape index (κ2) is 6.90. The fourth-order valence-electron chi connectivity index (χ4n) is 2.79. The van der Waals surface area contributed by atoms with Crippen LogP contribution in [0.5, 0.6) is 5.75 Å². The van der Waals surface area contributed by atoms with Gasteiger partial charge in [0.2, 0.25) is 0 Å². The van der Waals surface area contributed by atoms with Crippen LogP contribution in [0.2, 0.25) is 5.02 Å². The molecule has 1 aliphatic heterocycles. The maximum absolute atomic E-state index is 12.8. The molecule has 26 heavy (non-hydrogen) atoms. The van der Waals surface area contributed by atoms with Gasteiger partial charge in [-0.05, 0) is 38.2 Å². The number of pyridine rings is 1. The lowest BCUT2D eigenvalue weighted by Crippen LogP contribution is -2.19. The van der Waals surface area contributed by atoms with Crippen LogP contribution in [0.3, 0.4) is 0 Å². The number of hydrogen-bond acceptors (Lipinski definition) is 6. The van der Waals surface area contributed by atoms with Crippen molar-refractivity contribution in [1.29, 1.82) is 0 Å². The maximum atomic E-state index is 12.8. The van der Waals surface area contributed by atoms with E-state index in [1.54, 1.807) is 24.3 Å². The van der Waals surface area contributed by atoms with Crippen molar-refractivity contribution in [3.05, 3.63) is 57.9 Å². The van der Waals surface area contributed by atoms with E-state index in [1.165, 1.54) is 6.20 Å². The molecule has 138 valence electrons. The van der Waals surface area contributed by atoms with Gasteiger partial charge in [0.1, 0.15) is 23.1 Å². The minimum atomic E-state index is -3.78. The maximum Gasteiger partial charge on any atom is 0.186 e. The Balaban J connectivity index is 2.21. The van der Waals surface area contributed by atoms with Crippen molar-refractivity contribution in [2.24, 2.45) is 0 Å². The minimum Gasteiger partial charge on any atom is -0.504 e. The first kappa shape index (κ1) is 18.7. The van der Waals surface area contributed by atoms with Gasteiger partial charge in [-0.2, -0.15) is 0 Å². The predicted molar refractivity (Wildman–Crippen MR) is 102 cm³/mol. The molecule has 0 fully saturated rings. The van der Waals surface area contributed by atoms with Crippen LogP contribution in [0.4, 0.5) is 0 Å². The molecule has 0 saturated heterocycles. The van der Waals surface area contributed by atoms with Gasteiger partial charge < -0.3 is 9.84 Å². The Morgan fingerprint density at radius 3 is 2.73 bits per heavy atom. The van der Waals surface area contributed by atoms with Gasteiger partial charge in [-0.1, -0.05) is 29.8 Å². The number of fused-ring (bicyclic) bond motifs is 1. The van der Waals surface area contributed by atoms with E-state index in [4.69, 9.17) is 16.3 Å². The highest BCUT2D eigenvalue weighted by atomic mass is 35.5. The number of ether oxygens (including phenoxy) is 1. The zero-order valence-corrected chi connectivity index (χ0v) is 16.2. The van der Waals surface area contributed by atoms with Crippen LogP contribution in [0.1, 0.15) is 22.4 Å². The highest BCUT2D eigenvalue weighted by Gasteiger charge is 2.34. The summed E-state index contributed by atoms with van der Waals surface area (Å²) in [5, 5.41) is 10.8. The van der Waals surface area contributed by atoms with Gasteiger partial charge in [0.05, 0.1) is 10.8 Å². The van der Waals surface area contributed by atoms with E-state index in [2.05, 4.69) is 4.98 Å². The van der Waals surface area contributed by atoms with Crippen molar-refractivity contribution in [2.45, 2.75) is 12.7 Å². The Morgan fingerprint density at radius 1 is 1.31 bits per heavy atom. The SMILES string of the molecule is Cc1ccc(C2=C(O)c3ncccc3CS2(=O)=O)c(Cl)c1OCN(C)C. The number of hydrogen-bond donors (Lipinski definition) is 1. The van der Waals surface area contributed by atoms with Crippen molar-refractivity contribution in [3.8, 4) is 5.75 Å². The van der Waals surface area contributed by atoms with Gasteiger partial charge in [0.15, 0.2) is 15.6 Å². The Morgan fingerprint density at radius 2 is 2.04 bits per heavy atom. The molecule has 0 bridgehead atoms. The van der Waals surface area contributed by atoms with Gasteiger partial charge in [-0.15, -0.1) is 0 Å². The van der Waals surface area contributed by atoms with Crippen molar-refractivity contribution < 1.29 is 18.3 Å². The molecule has 1 aromatic carbocycles. The first-order chi connectivity index (χ1) is 12.2. The molecule has 0 spiro atoms. The number of nitrogens with zero attached hydrogens (tertiary/aromatic N) is 2. The molecule has 0 unspecified atom stereocenters. The van der Waals surface area contributed by atoms with Crippen LogP contribution in [0.25, 0.3) is 10.7 Å². The lowest BCUT2D eigenvalue weighted by Gasteiger charge is -2.22. The molecule has 0 radical (unpaired) electrons. The summed E-state index contributed by atoms with van der Waals surface area (Å²) >= 11 is 6.48. The zero-order valence-electron chi connectivity index (χ0n) is 14.7. The smallest absolute Gasteiger partial charge is 0.186 e. The molecule has 3 rings (SSSR count). The summed E-state index contributed by atoms with van der Waals surface area (Å²) < 4.78 is 31.3. The lowest BCUT2D eigenvalue weighted by molar-refractivity contribution is 0.178. The van der Waals surface area contributed by atoms with Crippen molar-refractivity contribution in [2.75, 3.05) is 20.8 Å². The lowest BCUT2D eigenvalue weighted by atomic mass is 10.1. The molecule has 1 aromatic heterocycles. The summed E-state index contributed by atoms with van der Waals surface area (Å²) in [7, 11) is -0.0976. The standard InChI is InChI=1S/C18H19ClN2O4S/c1-11-6-7-13(14(19)17(11)25-10-21(2)3)18-16(22)15-12(5-4-8-20-15)9-26(18,23)24/h4-8,22H,9-10H2,1-3H3.